The minimum Gasteiger partial charge on any atom is -0.468 e. The van der Waals surface area contributed by atoms with Crippen molar-refractivity contribution in [1.82, 2.24) is 5.32 Å². The maximum absolute atomic E-state index is 11.7. The monoisotopic (exact) mass is 229 g/mol. The van der Waals surface area contributed by atoms with E-state index in [0.29, 0.717) is 19.6 Å². The summed E-state index contributed by atoms with van der Waals surface area (Å²) in [6.45, 7) is 1.36. The Morgan fingerprint density at radius 1 is 1.44 bits per heavy atom. The van der Waals surface area contributed by atoms with Gasteiger partial charge in [0.15, 0.2) is 0 Å². The third-order valence-electron chi connectivity index (χ3n) is 3.52. The van der Waals surface area contributed by atoms with Crippen LogP contribution in [-0.4, -0.2) is 51.1 Å². The van der Waals surface area contributed by atoms with Crippen LogP contribution in [0.1, 0.15) is 19.3 Å². The van der Waals surface area contributed by atoms with Crippen LogP contribution in [0.15, 0.2) is 0 Å². The van der Waals surface area contributed by atoms with Crippen molar-refractivity contribution in [3.05, 3.63) is 0 Å². The quantitative estimate of drug-likeness (QED) is 0.692. The van der Waals surface area contributed by atoms with E-state index < -0.39 is 5.54 Å². The van der Waals surface area contributed by atoms with Gasteiger partial charge in [-0.15, -0.1) is 0 Å². The first-order chi connectivity index (χ1) is 7.70. The highest BCUT2D eigenvalue weighted by Gasteiger charge is 2.46. The Bertz CT molecular complexity index is 267. The predicted molar refractivity (Wildman–Crippen MR) is 57.1 cm³/mol. The zero-order chi connectivity index (χ0) is 11.6. The lowest BCUT2D eigenvalue weighted by atomic mass is 9.98. The minimum atomic E-state index is -0.552. The highest BCUT2D eigenvalue weighted by molar-refractivity contribution is 5.81. The van der Waals surface area contributed by atoms with Crippen LogP contribution >= 0.6 is 0 Å². The van der Waals surface area contributed by atoms with Gasteiger partial charge in [-0.2, -0.15) is 0 Å². The molecule has 0 aromatic heterocycles. The fourth-order valence-corrected chi connectivity index (χ4v) is 2.39. The fourth-order valence-electron chi connectivity index (χ4n) is 2.39. The summed E-state index contributed by atoms with van der Waals surface area (Å²) in [5.74, 6) is -0.189. The van der Waals surface area contributed by atoms with Crippen LogP contribution in [0.3, 0.4) is 0 Å². The molecule has 2 atom stereocenters. The van der Waals surface area contributed by atoms with Crippen molar-refractivity contribution in [2.24, 2.45) is 0 Å². The summed E-state index contributed by atoms with van der Waals surface area (Å²) in [5.41, 5.74) is -0.552. The number of esters is 1. The molecule has 92 valence electrons. The summed E-state index contributed by atoms with van der Waals surface area (Å²) in [5, 5.41) is 3.08. The van der Waals surface area contributed by atoms with Crippen LogP contribution in [0.5, 0.6) is 0 Å². The van der Waals surface area contributed by atoms with E-state index in [9.17, 15) is 4.79 Å². The number of carbonyl (C=O) groups is 1. The van der Waals surface area contributed by atoms with E-state index in [1.165, 1.54) is 7.11 Å². The van der Waals surface area contributed by atoms with Crippen molar-refractivity contribution >= 4 is 5.97 Å². The molecule has 0 aromatic carbocycles. The molecular weight excluding hydrogens is 210 g/mol. The molecule has 0 bridgehead atoms. The molecule has 2 aliphatic rings. The molecule has 0 amide bonds. The number of hydrogen-bond acceptors (Lipinski definition) is 5. The van der Waals surface area contributed by atoms with E-state index in [4.69, 9.17) is 14.2 Å². The Morgan fingerprint density at radius 3 is 2.69 bits per heavy atom. The molecule has 16 heavy (non-hydrogen) atoms. The molecule has 1 N–H and O–H groups in total. The summed E-state index contributed by atoms with van der Waals surface area (Å²) < 4.78 is 15.7. The Hall–Kier alpha value is -0.650. The molecule has 2 unspecified atom stereocenters. The molecule has 1 aliphatic carbocycles. The first-order valence-corrected chi connectivity index (χ1v) is 5.71. The number of methoxy groups -OCH3 is 1. The number of ether oxygens (including phenoxy) is 3. The smallest absolute Gasteiger partial charge is 0.326 e. The van der Waals surface area contributed by atoms with Crippen LogP contribution in [0.4, 0.5) is 0 Å². The maximum Gasteiger partial charge on any atom is 0.326 e. The molecular formula is C11H19NO4. The maximum atomic E-state index is 11.7. The van der Waals surface area contributed by atoms with Crippen LogP contribution in [0, 0.1) is 0 Å². The summed E-state index contributed by atoms with van der Waals surface area (Å²) in [6, 6.07) is 0. The number of nitrogens with one attached hydrogen (secondary N) is 1. The molecule has 0 aromatic rings. The van der Waals surface area contributed by atoms with E-state index in [1.807, 2.05) is 0 Å². The van der Waals surface area contributed by atoms with Crippen molar-refractivity contribution in [3.63, 3.8) is 0 Å². The summed E-state index contributed by atoms with van der Waals surface area (Å²) >= 11 is 0. The number of carbonyl (C=O) groups excluding carboxylic acids is 1. The lowest BCUT2D eigenvalue weighted by Gasteiger charge is -2.30. The Balaban J connectivity index is 1.90. The van der Waals surface area contributed by atoms with Crippen molar-refractivity contribution in [3.8, 4) is 0 Å². The topological polar surface area (TPSA) is 56.8 Å². The molecule has 2 rings (SSSR count). The summed E-state index contributed by atoms with van der Waals surface area (Å²) in [4.78, 5) is 11.7. The van der Waals surface area contributed by atoms with E-state index >= 15 is 0 Å². The average Bonchev–Trinajstić information content (AvgIpc) is 2.67. The first-order valence-electron chi connectivity index (χ1n) is 5.71. The highest BCUT2D eigenvalue weighted by Crippen LogP contribution is 2.33. The lowest BCUT2D eigenvalue weighted by molar-refractivity contribution is -0.158. The summed E-state index contributed by atoms with van der Waals surface area (Å²) in [7, 11) is 3.22. The van der Waals surface area contributed by atoms with Gasteiger partial charge in [-0.05, 0) is 19.9 Å². The molecule has 2 fully saturated rings. The second-order valence-electron chi connectivity index (χ2n) is 4.48. The van der Waals surface area contributed by atoms with Crippen molar-refractivity contribution in [1.29, 1.82) is 0 Å². The molecule has 0 radical (unpaired) electrons. The van der Waals surface area contributed by atoms with Gasteiger partial charge in [0.05, 0.1) is 26.4 Å². The van der Waals surface area contributed by atoms with Crippen LogP contribution in [0.2, 0.25) is 0 Å². The molecule has 0 spiro atoms. The first kappa shape index (κ1) is 11.8. The largest absolute Gasteiger partial charge is 0.468 e. The Morgan fingerprint density at radius 2 is 2.19 bits per heavy atom. The Labute approximate surface area is 95.4 Å². The SMILES string of the molecule is CNC1(C(=O)OC)CCC(OC2COC2)C1. The van der Waals surface area contributed by atoms with Gasteiger partial charge in [-0.3, -0.25) is 4.79 Å². The fraction of sp³-hybridized carbons (Fsp3) is 0.909. The zero-order valence-corrected chi connectivity index (χ0v) is 9.82. The molecule has 1 heterocycles. The van der Waals surface area contributed by atoms with Gasteiger partial charge in [0.2, 0.25) is 0 Å². The van der Waals surface area contributed by atoms with Gasteiger partial charge in [0.1, 0.15) is 11.6 Å². The van der Waals surface area contributed by atoms with Crippen LogP contribution < -0.4 is 5.32 Å². The summed E-state index contributed by atoms with van der Waals surface area (Å²) in [6.07, 6.45) is 2.71. The molecule has 1 saturated carbocycles. The second kappa shape index (κ2) is 4.69. The minimum absolute atomic E-state index is 0.139. The second-order valence-corrected chi connectivity index (χ2v) is 4.48. The van der Waals surface area contributed by atoms with Gasteiger partial charge in [-0.25, -0.2) is 0 Å². The van der Waals surface area contributed by atoms with Gasteiger partial charge in [0, 0.05) is 6.42 Å². The van der Waals surface area contributed by atoms with Crippen molar-refractivity contribution in [2.45, 2.75) is 37.0 Å². The molecule has 5 nitrogen and oxygen atoms in total. The van der Waals surface area contributed by atoms with Crippen molar-refractivity contribution in [2.75, 3.05) is 27.4 Å². The van der Waals surface area contributed by atoms with Crippen molar-refractivity contribution < 1.29 is 19.0 Å². The Kier molecular flexibility index (Phi) is 3.47. The predicted octanol–water partition coefficient (Wildman–Crippen LogP) is 0.0855. The molecule has 1 saturated heterocycles. The van der Waals surface area contributed by atoms with Gasteiger partial charge < -0.3 is 19.5 Å². The molecule has 5 heteroatoms. The normalized spacial score (nSPS) is 34.8. The van der Waals surface area contributed by atoms with E-state index in [0.717, 1.165) is 12.8 Å². The van der Waals surface area contributed by atoms with Gasteiger partial charge >= 0.3 is 5.97 Å². The standard InChI is InChI=1S/C11H19NO4/c1-12-11(10(13)14-2)4-3-8(5-11)16-9-6-15-7-9/h8-9,12H,3-7H2,1-2H3. The number of likely N-dealkylation sites (N-methyl/N-ethyl adjacent to an activating group) is 1. The number of rotatable bonds is 4. The van der Waals surface area contributed by atoms with Crippen LogP contribution in [-0.2, 0) is 19.0 Å². The third-order valence-corrected chi connectivity index (χ3v) is 3.52. The lowest BCUT2D eigenvalue weighted by Crippen LogP contribution is -2.49. The zero-order valence-electron chi connectivity index (χ0n) is 9.82. The van der Waals surface area contributed by atoms with E-state index in [1.54, 1.807) is 7.05 Å². The van der Waals surface area contributed by atoms with Crippen LogP contribution in [0.25, 0.3) is 0 Å². The molecule has 1 aliphatic heterocycles. The number of hydrogen-bond donors (Lipinski definition) is 1. The van der Waals surface area contributed by atoms with E-state index in [-0.39, 0.29) is 18.2 Å². The highest BCUT2D eigenvalue weighted by atomic mass is 16.6. The average molecular weight is 229 g/mol. The third kappa shape index (κ3) is 2.07. The van der Waals surface area contributed by atoms with Gasteiger partial charge in [-0.1, -0.05) is 0 Å². The van der Waals surface area contributed by atoms with Gasteiger partial charge in [0.25, 0.3) is 0 Å². The van der Waals surface area contributed by atoms with E-state index in [2.05, 4.69) is 5.32 Å².